The number of aryl methyl sites for hydroxylation is 4. The van der Waals surface area contributed by atoms with E-state index < -0.39 is 45.8 Å². The molecule has 23 nitrogen and oxygen atoms in total. The fourth-order valence-electron chi connectivity index (χ4n) is 16.3. The molecule has 652 valence electrons. The zero-order valence-corrected chi connectivity index (χ0v) is 72.6. The lowest BCUT2D eigenvalue weighted by molar-refractivity contribution is -0.132. The molecule has 2 saturated carbocycles. The van der Waals surface area contributed by atoms with Crippen molar-refractivity contribution in [2.45, 2.75) is 130 Å². The van der Waals surface area contributed by atoms with Gasteiger partial charge in [-0.15, -0.1) is 58.0 Å². The van der Waals surface area contributed by atoms with Crippen LogP contribution in [0.3, 0.4) is 0 Å². The first-order chi connectivity index (χ1) is 58.3. The highest BCUT2D eigenvalue weighted by atomic mass is 35.5. The van der Waals surface area contributed by atoms with E-state index in [2.05, 4.69) is 92.9 Å². The van der Waals surface area contributed by atoms with E-state index in [1.807, 2.05) is 57.2 Å². The quantitative estimate of drug-likeness (QED) is 0.0312. The zero-order chi connectivity index (χ0) is 86.3. The Kier molecular flexibility index (Phi) is 32.8. The van der Waals surface area contributed by atoms with Gasteiger partial charge in [0.05, 0.1) is 39.0 Å². The predicted octanol–water partition coefficient (Wildman–Crippen LogP) is 16.6. The summed E-state index contributed by atoms with van der Waals surface area (Å²) in [6, 6.07) is 34.5. The molecule has 3 N–H and O–H groups in total. The minimum absolute atomic E-state index is 0. The van der Waals surface area contributed by atoms with E-state index in [0.717, 1.165) is 148 Å². The van der Waals surface area contributed by atoms with E-state index in [1.165, 1.54) is 29.7 Å². The average Bonchev–Trinajstić information content (AvgIpc) is 1.33. The van der Waals surface area contributed by atoms with Gasteiger partial charge in [0.2, 0.25) is 28.1 Å². The number of piperazine rings is 2. The van der Waals surface area contributed by atoms with E-state index in [4.69, 9.17) is 63.0 Å². The number of benzene rings is 6. The molecule has 122 heavy (non-hydrogen) atoms. The molecule has 10 aromatic rings. The molecule has 14 rings (SSSR count). The van der Waals surface area contributed by atoms with Crippen molar-refractivity contribution in [2.24, 2.45) is 7.05 Å². The highest BCUT2D eigenvalue weighted by molar-refractivity contribution is 6.19. The number of alkyl halides is 5. The summed E-state index contributed by atoms with van der Waals surface area (Å²) in [4.78, 5) is 118. The van der Waals surface area contributed by atoms with Gasteiger partial charge in [-0.25, -0.2) is 28.1 Å². The maximum absolute atomic E-state index is 15.4. The summed E-state index contributed by atoms with van der Waals surface area (Å²) >= 11 is 29.7. The summed E-state index contributed by atoms with van der Waals surface area (Å²) in [7, 11) is 1.99. The summed E-state index contributed by atoms with van der Waals surface area (Å²) in [5.74, 6) is -1.17. The molecule has 2 amide bonds. The second-order valence-corrected chi connectivity index (χ2v) is 33.5. The molecule has 0 bridgehead atoms. The largest absolute Gasteiger partial charge is 0.477 e. The monoisotopic (exact) mass is 1770 g/mol. The van der Waals surface area contributed by atoms with Crippen LogP contribution in [0.25, 0.3) is 54.9 Å². The molecule has 4 fully saturated rings. The van der Waals surface area contributed by atoms with Crippen molar-refractivity contribution in [1.29, 1.82) is 0 Å². The minimum atomic E-state index is -1.32. The Bertz CT molecular complexity index is 5570. The Morgan fingerprint density at radius 2 is 0.951 bits per heavy atom. The van der Waals surface area contributed by atoms with Gasteiger partial charge >= 0.3 is 17.9 Å². The third-order valence-corrected chi connectivity index (χ3v) is 24.0. The van der Waals surface area contributed by atoms with Crippen molar-refractivity contribution in [3.63, 3.8) is 0 Å². The minimum Gasteiger partial charge on any atom is -0.477 e. The van der Waals surface area contributed by atoms with Gasteiger partial charge < -0.3 is 67.9 Å². The number of aromatic nitrogens is 5. The first-order valence-corrected chi connectivity index (χ1v) is 44.4. The number of amides is 2. The third kappa shape index (κ3) is 22.4. The fraction of sp³-hybridized carbons (Fsp3) is 0.446. The molecule has 2 aliphatic heterocycles. The van der Waals surface area contributed by atoms with E-state index in [9.17, 15) is 53.7 Å². The van der Waals surface area contributed by atoms with Crippen LogP contribution in [0.5, 0.6) is 0 Å². The number of pyridine rings is 3. The molecule has 0 unspecified atom stereocenters. The smallest absolute Gasteiger partial charge is 0.341 e. The predicted molar refractivity (Wildman–Crippen MR) is 488 cm³/mol. The van der Waals surface area contributed by atoms with Crippen molar-refractivity contribution in [3.05, 3.63) is 204 Å². The zero-order valence-electron chi connectivity index (χ0n) is 68.8. The molecule has 0 radical (unpaired) electrons. The van der Waals surface area contributed by atoms with Gasteiger partial charge in [0.1, 0.15) is 34.1 Å². The topological polar surface area (TPSA) is 253 Å². The number of imidazole rings is 1. The Hall–Kier alpha value is -9.76. The molecule has 6 heterocycles. The van der Waals surface area contributed by atoms with Crippen LogP contribution in [0.4, 0.5) is 31.5 Å². The van der Waals surface area contributed by atoms with Crippen molar-refractivity contribution in [3.8, 4) is 11.1 Å². The van der Waals surface area contributed by atoms with Gasteiger partial charge in [0, 0.05) is 205 Å². The van der Waals surface area contributed by atoms with Crippen molar-refractivity contribution >= 4 is 154 Å². The number of nitrogens with zero attached hydrogens (tertiary/aromatic N) is 12. The highest BCUT2D eigenvalue weighted by Gasteiger charge is 2.33. The third-order valence-electron chi connectivity index (χ3n) is 23.1. The van der Waals surface area contributed by atoms with Crippen LogP contribution in [-0.2, 0) is 35.9 Å². The van der Waals surface area contributed by atoms with Crippen LogP contribution in [0, 0.1) is 11.6 Å². The number of carbonyl (C=O) groups excluding carboxylic acids is 2. The highest BCUT2D eigenvalue weighted by Crippen LogP contribution is 2.41. The number of fused-ring (bicyclic) bond motifs is 4. The fourth-order valence-corrected chi connectivity index (χ4v) is 17.4. The van der Waals surface area contributed by atoms with Crippen LogP contribution < -0.4 is 35.9 Å². The molecule has 2 aliphatic carbocycles. The number of hydrogen-bond acceptors (Lipinski definition) is 14. The SMILES string of the molecule is C.CCCN(CCCl)CCCc1cccc(-c2ccc3c(=O)c(C(=O)O)cn(C(C)C)c3c2)c1.Cn1c(CCCC(=O)N2CCN(c3cc4c(cc3F)c(=O)c(C(=O)O)cn4C3CC3)CC2)nc2cc(N(CCCl)CCCl)ccc21.O=C(O)c1cn(C2CC2)c2cc(N3CCN(C(=O)CCCc4ccc(N(CCCl)CCCl)cc4)CC3)c(F)cc2c1=O. The van der Waals surface area contributed by atoms with Gasteiger partial charge in [-0.05, 0) is 180 Å². The van der Waals surface area contributed by atoms with Gasteiger partial charge in [-0.3, -0.25) is 24.0 Å². The molecule has 6 aromatic carbocycles. The molecule has 4 aliphatic rings. The van der Waals surface area contributed by atoms with E-state index >= 15 is 8.78 Å². The summed E-state index contributed by atoms with van der Waals surface area (Å²) in [6.45, 7) is 15.8. The summed E-state index contributed by atoms with van der Waals surface area (Å²) in [5, 5.41) is 29.0. The van der Waals surface area contributed by atoms with E-state index in [-0.39, 0.29) is 64.8 Å². The number of anilines is 4. The number of rotatable bonds is 35. The molecule has 30 heteroatoms. The van der Waals surface area contributed by atoms with E-state index in [1.54, 1.807) is 27.3 Å². The summed E-state index contributed by atoms with van der Waals surface area (Å²) in [5.41, 5.74) is 8.43. The average molecular weight is 1770 g/mol. The maximum Gasteiger partial charge on any atom is 0.341 e. The van der Waals surface area contributed by atoms with Crippen molar-refractivity contribution in [2.75, 3.05) is 147 Å². The number of carboxylic acids is 3. The first-order valence-electron chi connectivity index (χ1n) is 41.7. The van der Waals surface area contributed by atoms with Gasteiger partial charge in [-0.2, -0.15) is 0 Å². The van der Waals surface area contributed by atoms with Crippen molar-refractivity contribution in [1.82, 2.24) is 38.0 Å². The molecular formula is C92H109Cl5F2N12O11. The van der Waals surface area contributed by atoms with E-state index in [0.29, 0.717) is 148 Å². The second kappa shape index (κ2) is 43.0. The first kappa shape index (κ1) is 92.9. The van der Waals surface area contributed by atoms with Gasteiger partial charge in [0.25, 0.3) is 0 Å². The van der Waals surface area contributed by atoms with Crippen LogP contribution in [0.15, 0.2) is 142 Å². The Morgan fingerprint density at radius 1 is 0.484 bits per heavy atom. The molecular weight excluding hydrogens is 1660 g/mol. The number of aromatic carboxylic acids is 3. The second-order valence-electron chi connectivity index (χ2n) is 31.6. The van der Waals surface area contributed by atoms with Crippen LogP contribution in [0.2, 0.25) is 0 Å². The summed E-state index contributed by atoms with van der Waals surface area (Å²) < 4.78 is 38.1. The number of hydrogen-bond donors (Lipinski definition) is 3. The van der Waals surface area contributed by atoms with Crippen LogP contribution in [0.1, 0.15) is 159 Å². The van der Waals surface area contributed by atoms with Crippen LogP contribution >= 0.6 is 58.0 Å². The van der Waals surface area contributed by atoms with Gasteiger partial charge in [0.15, 0.2) is 0 Å². The Balaban J connectivity index is 0.000000180. The lowest BCUT2D eigenvalue weighted by Gasteiger charge is -2.36. The standard InChI is InChI=1S/C33H37Cl2FN6O4.C31H35Cl2FN4O4.C27H33ClN2O3.CH4/c1-38-27-8-7-22(39(11-9-34)12-10-35)17-26(27)37-30(38)3-2-4-31(43)41-15-13-40(14-16-41)29-19-28-23(18-25(29)36)32(44)24(33(45)46)20-42(28)21-5-6-21;32-10-12-35(13-11-33)22-6-4-21(5-7-22)2-1-3-29(39)37-16-14-36(15-17-37)28-19-27-24(18-26(28)34)30(40)25(31(41)42)20-38(27)23-8-9-23;1-4-13-29(15-12-28)14-6-8-20-7-5-9-21(16-20)22-10-11-23-25(17-22)30(19(2)3)18-24(26(23)31)27(32)33;/h7-8,17-21H,2-6,9-16H2,1H3,(H,45,46);4-7,18-20,23H,1-3,8-17H2,(H,41,42);5,7,9-11,16-19H,4,6,8,12-15H2,1-3H3,(H,32,33);1H4. The van der Waals surface area contributed by atoms with Gasteiger partial charge in [-0.1, -0.05) is 56.8 Å². The summed E-state index contributed by atoms with van der Waals surface area (Å²) in [6.07, 6.45) is 14.6. The molecule has 0 spiro atoms. The van der Waals surface area contributed by atoms with Crippen molar-refractivity contribution < 1.29 is 48.1 Å². The number of carbonyl (C=O) groups is 5. The Labute approximate surface area is 734 Å². The molecule has 4 aromatic heterocycles. The Morgan fingerprint density at radius 3 is 1.43 bits per heavy atom. The normalized spacial score (nSPS) is 14.1. The maximum atomic E-state index is 15.4. The molecule has 0 atom stereocenters. The number of carboxylic acid groups (broad SMARTS) is 3. The molecule has 2 saturated heterocycles. The lowest BCUT2D eigenvalue weighted by Crippen LogP contribution is -2.49. The lowest BCUT2D eigenvalue weighted by atomic mass is 9.99. The van der Waals surface area contributed by atoms with Crippen LogP contribution in [-0.4, -0.2) is 211 Å². The number of halogens is 7.